The van der Waals surface area contributed by atoms with Crippen molar-refractivity contribution in [2.75, 3.05) is 19.7 Å². The third-order valence-electron chi connectivity index (χ3n) is 7.54. The van der Waals surface area contributed by atoms with Crippen LogP contribution in [-0.4, -0.2) is 52.8 Å². The van der Waals surface area contributed by atoms with Crippen molar-refractivity contribution in [2.24, 2.45) is 5.41 Å². The number of piperidine rings is 1. The molecule has 1 atom stereocenters. The molecule has 0 radical (unpaired) electrons. The zero-order valence-corrected chi connectivity index (χ0v) is 16.3. The lowest BCUT2D eigenvalue weighted by molar-refractivity contribution is -0.166. The molecular weight excluding hydrogens is 358 g/mol. The van der Waals surface area contributed by atoms with Gasteiger partial charge in [-0.1, -0.05) is 30.3 Å². The summed E-state index contributed by atoms with van der Waals surface area (Å²) in [6, 6.07) is 9.74. The standard InChI is InChI=1S/C22H27NO5/c1-19-14-20(15-19,18(25)26)21(28-19)9-11-23(12-10-21)17(24)22(8-5-13-27-22)16-6-3-2-4-7-16/h2-4,6-7H,5,8-15H2,1H3,(H,25,26). The predicted octanol–water partition coefficient (Wildman–Crippen LogP) is 2.71. The van der Waals surface area contributed by atoms with Gasteiger partial charge in [-0.05, 0) is 51.0 Å². The van der Waals surface area contributed by atoms with Gasteiger partial charge in [0.2, 0.25) is 0 Å². The first-order chi connectivity index (χ1) is 13.3. The highest BCUT2D eigenvalue weighted by Crippen LogP contribution is 2.69. The molecule has 1 amide bonds. The highest BCUT2D eigenvalue weighted by Gasteiger charge is 2.77. The molecule has 6 rings (SSSR count). The minimum atomic E-state index is -0.902. The summed E-state index contributed by atoms with van der Waals surface area (Å²) in [5.74, 6) is -0.742. The van der Waals surface area contributed by atoms with Crippen molar-refractivity contribution >= 4 is 11.9 Å². The SMILES string of the molecule is CC12CC(C(=O)O)(C1)C1(CCN(C(=O)C3(c4ccccc4)CCCO3)CC1)O2. The van der Waals surface area contributed by atoms with Crippen LogP contribution in [0.3, 0.4) is 0 Å². The molecule has 5 aliphatic rings. The summed E-state index contributed by atoms with van der Waals surface area (Å²) in [5, 5.41) is 9.90. The van der Waals surface area contributed by atoms with E-state index in [1.807, 2.05) is 42.2 Å². The third-order valence-corrected chi connectivity index (χ3v) is 7.54. The minimum absolute atomic E-state index is 0.00646. The normalized spacial score (nSPS) is 38.4. The van der Waals surface area contributed by atoms with Crippen LogP contribution in [-0.2, 0) is 24.7 Å². The molecule has 1 spiro atoms. The van der Waals surface area contributed by atoms with E-state index in [0.29, 0.717) is 51.8 Å². The van der Waals surface area contributed by atoms with E-state index in [2.05, 4.69) is 0 Å². The van der Waals surface area contributed by atoms with Crippen LogP contribution in [0, 0.1) is 5.41 Å². The Morgan fingerprint density at radius 3 is 2.32 bits per heavy atom. The summed E-state index contributed by atoms with van der Waals surface area (Å²) < 4.78 is 12.4. The summed E-state index contributed by atoms with van der Waals surface area (Å²) in [4.78, 5) is 27.5. The van der Waals surface area contributed by atoms with Crippen LogP contribution >= 0.6 is 0 Å². The Labute approximate surface area is 164 Å². The van der Waals surface area contributed by atoms with E-state index in [-0.39, 0.29) is 11.5 Å². The second-order valence-corrected chi connectivity index (χ2v) is 9.22. The number of rotatable bonds is 3. The van der Waals surface area contributed by atoms with Gasteiger partial charge in [-0.25, -0.2) is 0 Å². The van der Waals surface area contributed by atoms with Crippen molar-refractivity contribution in [3.8, 4) is 0 Å². The lowest BCUT2D eigenvalue weighted by Crippen LogP contribution is -2.59. The van der Waals surface area contributed by atoms with E-state index in [0.717, 1.165) is 12.0 Å². The van der Waals surface area contributed by atoms with Gasteiger partial charge in [0.15, 0.2) is 5.60 Å². The Morgan fingerprint density at radius 1 is 1.07 bits per heavy atom. The molecule has 1 aliphatic carbocycles. The van der Waals surface area contributed by atoms with Gasteiger partial charge < -0.3 is 19.5 Å². The summed E-state index contributed by atoms with van der Waals surface area (Å²) in [6.07, 6.45) is 3.87. The van der Waals surface area contributed by atoms with Gasteiger partial charge in [-0.3, -0.25) is 9.59 Å². The maximum absolute atomic E-state index is 13.5. The number of benzene rings is 1. The van der Waals surface area contributed by atoms with Gasteiger partial charge in [-0.15, -0.1) is 0 Å². The minimum Gasteiger partial charge on any atom is -0.481 e. The molecule has 4 heterocycles. The van der Waals surface area contributed by atoms with Crippen LogP contribution in [0.4, 0.5) is 0 Å². The number of hydrogen-bond donors (Lipinski definition) is 1. The molecule has 6 heteroatoms. The third kappa shape index (κ3) is 2.22. The summed E-state index contributed by atoms with van der Waals surface area (Å²) in [5.41, 5.74) is -1.73. The van der Waals surface area contributed by atoms with Crippen molar-refractivity contribution in [1.29, 1.82) is 0 Å². The molecule has 1 saturated carbocycles. The number of likely N-dealkylation sites (tertiary alicyclic amines) is 1. The predicted molar refractivity (Wildman–Crippen MR) is 101 cm³/mol. The zero-order chi connectivity index (χ0) is 19.6. The largest absolute Gasteiger partial charge is 0.481 e. The molecule has 4 saturated heterocycles. The first-order valence-corrected chi connectivity index (χ1v) is 10.3. The highest BCUT2D eigenvalue weighted by molar-refractivity contribution is 5.87. The molecule has 150 valence electrons. The topological polar surface area (TPSA) is 76.1 Å². The van der Waals surface area contributed by atoms with E-state index in [4.69, 9.17) is 9.47 Å². The highest BCUT2D eigenvalue weighted by atomic mass is 16.5. The summed E-state index contributed by atoms with van der Waals surface area (Å²) in [7, 11) is 0. The van der Waals surface area contributed by atoms with Gasteiger partial charge in [0.25, 0.3) is 5.91 Å². The van der Waals surface area contributed by atoms with E-state index in [1.165, 1.54) is 0 Å². The van der Waals surface area contributed by atoms with Crippen LogP contribution < -0.4 is 0 Å². The van der Waals surface area contributed by atoms with E-state index in [9.17, 15) is 14.7 Å². The Morgan fingerprint density at radius 2 is 1.75 bits per heavy atom. The number of carbonyl (C=O) groups excluding carboxylic acids is 1. The maximum atomic E-state index is 13.5. The van der Waals surface area contributed by atoms with Crippen LogP contribution in [0.15, 0.2) is 30.3 Å². The van der Waals surface area contributed by atoms with Crippen molar-refractivity contribution in [3.63, 3.8) is 0 Å². The van der Waals surface area contributed by atoms with Gasteiger partial charge in [0, 0.05) is 19.7 Å². The summed E-state index contributed by atoms with van der Waals surface area (Å²) in [6.45, 7) is 3.63. The second-order valence-electron chi connectivity index (χ2n) is 9.22. The molecule has 4 aliphatic heterocycles. The number of carbonyl (C=O) groups is 2. The van der Waals surface area contributed by atoms with Crippen molar-refractivity contribution in [2.45, 2.75) is 62.3 Å². The average Bonchev–Trinajstić information content (AvgIpc) is 3.32. The van der Waals surface area contributed by atoms with Crippen LogP contribution in [0.2, 0.25) is 0 Å². The Bertz CT molecular complexity index is 799. The quantitative estimate of drug-likeness (QED) is 0.866. The molecule has 5 fully saturated rings. The number of amides is 1. The molecule has 1 aromatic rings. The fourth-order valence-electron chi connectivity index (χ4n) is 6.31. The molecule has 1 unspecified atom stereocenters. The van der Waals surface area contributed by atoms with E-state index >= 15 is 0 Å². The molecule has 2 bridgehead atoms. The van der Waals surface area contributed by atoms with Gasteiger partial charge in [0.1, 0.15) is 5.41 Å². The van der Waals surface area contributed by atoms with Crippen molar-refractivity contribution in [3.05, 3.63) is 35.9 Å². The number of hydrogen-bond acceptors (Lipinski definition) is 4. The smallest absolute Gasteiger partial charge is 0.312 e. The van der Waals surface area contributed by atoms with Gasteiger partial charge >= 0.3 is 5.97 Å². The van der Waals surface area contributed by atoms with Crippen LogP contribution in [0.1, 0.15) is 51.0 Å². The monoisotopic (exact) mass is 385 g/mol. The molecule has 6 nitrogen and oxygen atoms in total. The Balaban J connectivity index is 1.37. The molecular formula is C22H27NO5. The lowest BCUT2D eigenvalue weighted by Gasteiger charge is -2.47. The molecule has 1 N–H and O–H groups in total. The van der Waals surface area contributed by atoms with Crippen LogP contribution in [0.5, 0.6) is 0 Å². The summed E-state index contributed by atoms with van der Waals surface area (Å²) >= 11 is 0. The molecule has 1 aromatic carbocycles. The van der Waals surface area contributed by atoms with Crippen LogP contribution in [0.25, 0.3) is 0 Å². The Kier molecular flexibility index (Phi) is 3.75. The number of aliphatic carboxylic acids is 1. The average molecular weight is 385 g/mol. The molecule has 0 aromatic heterocycles. The fourth-order valence-corrected chi connectivity index (χ4v) is 6.31. The number of ether oxygens (including phenoxy) is 2. The number of carboxylic acids is 1. The van der Waals surface area contributed by atoms with Gasteiger partial charge in [0.05, 0.1) is 11.2 Å². The number of nitrogens with zero attached hydrogens (tertiary/aromatic N) is 1. The maximum Gasteiger partial charge on any atom is 0.312 e. The van der Waals surface area contributed by atoms with Crippen molar-refractivity contribution in [1.82, 2.24) is 4.90 Å². The second kappa shape index (κ2) is 5.80. The van der Waals surface area contributed by atoms with Crippen molar-refractivity contribution < 1.29 is 24.2 Å². The van der Waals surface area contributed by atoms with Gasteiger partial charge in [-0.2, -0.15) is 0 Å². The first-order valence-electron chi connectivity index (χ1n) is 10.3. The molecule has 28 heavy (non-hydrogen) atoms. The zero-order valence-electron chi connectivity index (χ0n) is 16.3. The van der Waals surface area contributed by atoms with E-state index < -0.39 is 22.6 Å². The van der Waals surface area contributed by atoms with E-state index in [1.54, 1.807) is 0 Å². The number of carboxylic acid groups (broad SMARTS) is 1. The lowest BCUT2D eigenvalue weighted by atomic mass is 9.54. The fraction of sp³-hybridized carbons (Fsp3) is 0.636. The Hall–Kier alpha value is -1.92. The first kappa shape index (κ1) is 18.1.